The summed E-state index contributed by atoms with van der Waals surface area (Å²) in [5.41, 5.74) is 0.719. The van der Waals surface area contributed by atoms with Gasteiger partial charge in [0.05, 0.1) is 12.2 Å². The van der Waals surface area contributed by atoms with Gasteiger partial charge in [0, 0.05) is 20.8 Å². The molecule has 1 aromatic heterocycles. The van der Waals surface area contributed by atoms with Crippen LogP contribution in [0.1, 0.15) is 11.0 Å². The zero-order valence-corrected chi connectivity index (χ0v) is 11.1. The number of hydrogen-bond donors (Lipinski definition) is 1. The van der Waals surface area contributed by atoms with Gasteiger partial charge in [0.15, 0.2) is 6.10 Å². The lowest BCUT2D eigenvalue weighted by atomic mass is 10.2. The molecule has 0 radical (unpaired) electrons. The topological polar surface area (TPSA) is 21.3 Å². The molecule has 2 heterocycles. The van der Waals surface area contributed by atoms with Crippen LogP contribution in [0, 0.1) is 5.82 Å². The van der Waals surface area contributed by atoms with E-state index in [0.29, 0.717) is 12.3 Å². The molecule has 2 nitrogen and oxygen atoms in total. The monoisotopic (exact) mass is 313 g/mol. The van der Waals surface area contributed by atoms with E-state index >= 15 is 0 Å². The van der Waals surface area contributed by atoms with E-state index in [0.717, 1.165) is 15.0 Å². The maximum atomic E-state index is 13.0. The molecule has 0 spiro atoms. The number of hydrogen-bond acceptors (Lipinski definition) is 3. The minimum absolute atomic E-state index is 0.00994. The van der Waals surface area contributed by atoms with Crippen LogP contribution >= 0.6 is 27.3 Å². The molecule has 0 saturated carbocycles. The summed E-state index contributed by atoms with van der Waals surface area (Å²) in [5.74, 6) is 0.448. The first-order chi connectivity index (χ1) is 8.22. The molecule has 5 heteroatoms. The Labute approximate surface area is 111 Å². The van der Waals surface area contributed by atoms with Crippen molar-refractivity contribution in [3.8, 4) is 5.75 Å². The fraction of sp³-hybridized carbons (Fsp3) is 0.167. The van der Waals surface area contributed by atoms with Gasteiger partial charge in [0.1, 0.15) is 11.6 Å². The van der Waals surface area contributed by atoms with Crippen molar-refractivity contribution in [2.24, 2.45) is 0 Å². The molecule has 2 aromatic rings. The summed E-state index contributed by atoms with van der Waals surface area (Å²) in [7, 11) is 0. The van der Waals surface area contributed by atoms with Crippen molar-refractivity contribution in [3.05, 3.63) is 44.8 Å². The highest BCUT2D eigenvalue weighted by Gasteiger charge is 2.22. The number of anilines is 1. The quantitative estimate of drug-likeness (QED) is 0.852. The Hall–Kier alpha value is -1.07. The third-order valence-corrected chi connectivity index (χ3v) is 4.38. The lowest BCUT2D eigenvalue weighted by Crippen LogP contribution is -2.22. The largest absolute Gasteiger partial charge is 0.481 e. The first-order valence-electron chi connectivity index (χ1n) is 5.16. The number of benzene rings is 1. The first kappa shape index (κ1) is 11.0. The van der Waals surface area contributed by atoms with Crippen LogP contribution in [0.3, 0.4) is 0 Å². The van der Waals surface area contributed by atoms with E-state index in [1.165, 1.54) is 12.1 Å². The fourth-order valence-corrected chi connectivity index (χ4v) is 3.27. The van der Waals surface area contributed by atoms with Crippen molar-refractivity contribution in [2.45, 2.75) is 6.10 Å². The van der Waals surface area contributed by atoms with Crippen LogP contribution in [0.2, 0.25) is 0 Å². The second-order valence-corrected chi connectivity index (χ2v) is 5.65. The van der Waals surface area contributed by atoms with Crippen molar-refractivity contribution in [2.75, 3.05) is 11.9 Å². The average Bonchev–Trinajstić information content (AvgIpc) is 2.75. The molecule has 88 valence electrons. The molecule has 0 aliphatic carbocycles. The number of rotatable bonds is 1. The molecule has 1 aromatic carbocycles. The molecule has 1 aliphatic rings. The molecule has 1 aliphatic heterocycles. The molecule has 3 rings (SSSR count). The Morgan fingerprint density at radius 1 is 1.41 bits per heavy atom. The Kier molecular flexibility index (Phi) is 2.80. The highest BCUT2D eigenvalue weighted by Crippen LogP contribution is 2.36. The molecule has 0 amide bonds. The molecule has 0 saturated heterocycles. The zero-order chi connectivity index (χ0) is 11.8. The maximum absolute atomic E-state index is 13.0. The third kappa shape index (κ3) is 2.17. The molecule has 0 fully saturated rings. The van der Waals surface area contributed by atoms with Gasteiger partial charge in [0.25, 0.3) is 0 Å². The van der Waals surface area contributed by atoms with E-state index < -0.39 is 0 Å². The van der Waals surface area contributed by atoms with Crippen LogP contribution in [-0.4, -0.2) is 6.54 Å². The van der Waals surface area contributed by atoms with Crippen molar-refractivity contribution >= 4 is 33.0 Å². The fourth-order valence-electron chi connectivity index (χ4n) is 1.80. The SMILES string of the molecule is Fc1ccc2c(c1)NCC(c1cc(Br)cs1)O2. The highest BCUT2D eigenvalue weighted by molar-refractivity contribution is 9.10. The van der Waals surface area contributed by atoms with Crippen LogP contribution < -0.4 is 10.1 Å². The van der Waals surface area contributed by atoms with Gasteiger partial charge in [-0.1, -0.05) is 0 Å². The number of ether oxygens (including phenoxy) is 1. The van der Waals surface area contributed by atoms with Gasteiger partial charge in [-0.2, -0.15) is 0 Å². The predicted octanol–water partition coefficient (Wildman–Crippen LogP) is 4.20. The van der Waals surface area contributed by atoms with Gasteiger partial charge >= 0.3 is 0 Å². The number of nitrogens with one attached hydrogen (secondary N) is 1. The van der Waals surface area contributed by atoms with Crippen LogP contribution in [0.25, 0.3) is 0 Å². The summed E-state index contributed by atoms with van der Waals surface area (Å²) in [6, 6.07) is 6.57. The van der Waals surface area contributed by atoms with Gasteiger partial charge in [-0.25, -0.2) is 4.39 Å². The summed E-state index contributed by atoms with van der Waals surface area (Å²) in [5, 5.41) is 5.21. The Bertz CT molecular complexity index is 557. The maximum Gasteiger partial charge on any atom is 0.150 e. The van der Waals surface area contributed by atoms with E-state index in [-0.39, 0.29) is 11.9 Å². The van der Waals surface area contributed by atoms with Gasteiger partial charge in [-0.3, -0.25) is 0 Å². The van der Waals surface area contributed by atoms with Crippen LogP contribution in [0.15, 0.2) is 34.1 Å². The number of halogens is 2. The van der Waals surface area contributed by atoms with E-state index in [1.54, 1.807) is 17.4 Å². The van der Waals surface area contributed by atoms with Crippen LogP contribution in [-0.2, 0) is 0 Å². The summed E-state index contributed by atoms with van der Waals surface area (Å²) >= 11 is 5.07. The standard InChI is InChI=1S/C12H9BrFNOS/c13-7-3-12(17-6-7)11-5-15-9-4-8(14)1-2-10(9)16-11/h1-4,6,11,15H,5H2. The molecule has 1 atom stereocenters. The van der Waals surface area contributed by atoms with E-state index in [4.69, 9.17) is 4.74 Å². The molecule has 1 unspecified atom stereocenters. The van der Waals surface area contributed by atoms with Crippen molar-refractivity contribution < 1.29 is 9.13 Å². The summed E-state index contributed by atoms with van der Waals surface area (Å²) < 4.78 is 19.9. The van der Waals surface area contributed by atoms with Crippen LogP contribution in [0.5, 0.6) is 5.75 Å². The molecular formula is C12H9BrFNOS. The molecule has 0 bridgehead atoms. The summed E-state index contributed by atoms with van der Waals surface area (Å²) in [6.07, 6.45) is -0.00994. The lowest BCUT2D eigenvalue weighted by molar-refractivity contribution is 0.214. The second-order valence-electron chi connectivity index (χ2n) is 3.80. The van der Waals surface area contributed by atoms with Gasteiger partial charge < -0.3 is 10.1 Å². The van der Waals surface area contributed by atoms with Crippen molar-refractivity contribution in [3.63, 3.8) is 0 Å². The van der Waals surface area contributed by atoms with Gasteiger partial charge in [-0.15, -0.1) is 11.3 Å². The van der Waals surface area contributed by atoms with E-state index in [9.17, 15) is 4.39 Å². The first-order valence-corrected chi connectivity index (χ1v) is 6.83. The second kappa shape index (κ2) is 4.31. The van der Waals surface area contributed by atoms with Gasteiger partial charge in [0.2, 0.25) is 0 Å². The summed E-state index contributed by atoms with van der Waals surface area (Å²) in [6.45, 7) is 0.656. The number of fused-ring (bicyclic) bond motifs is 1. The minimum Gasteiger partial charge on any atom is -0.481 e. The average molecular weight is 314 g/mol. The third-order valence-electron chi connectivity index (χ3n) is 2.59. The Balaban J connectivity index is 1.88. The van der Waals surface area contributed by atoms with E-state index in [2.05, 4.69) is 21.2 Å². The highest BCUT2D eigenvalue weighted by atomic mass is 79.9. The molecule has 1 N–H and O–H groups in total. The predicted molar refractivity (Wildman–Crippen MR) is 70.3 cm³/mol. The van der Waals surface area contributed by atoms with Gasteiger partial charge in [-0.05, 0) is 34.1 Å². The van der Waals surface area contributed by atoms with Crippen LogP contribution in [0.4, 0.5) is 10.1 Å². The zero-order valence-electron chi connectivity index (χ0n) is 8.74. The smallest absolute Gasteiger partial charge is 0.150 e. The minimum atomic E-state index is -0.253. The normalized spacial score (nSPS) is 18.1. The molecular weight excluding hydrogens is 305 g/mol. The lowest BCUT2D eigenvalue weighted by Gasteiger charge is -2.26. The Morgan fingerprint density at radius 2 is 2.29 bits per heavy atom. The van der Waals surface area contributed by atoms with Crippen molar-refractivity contribution in [1.82, 2.24) is 0 Å². The number of thiophene rings is 1. The Morgan fingerprint density at radius 3 is 3.06 bits per heavy atom. The van der Waals surface area contributed by atoms with E-state index in [1.807, 2.05) is 11.4 Å². The van der Waals surface area contributed by atoms with Crippen molar-refractivity contribution in [1.29, 1.82) is 0 Å². The molecule has 17 heavy (non-hydrogen) atoms. The summed E-state index contributed by atoms with van der Waals surface area (Å²) in [4.78, 5) is 1.15.